The quantitative estimate of drug-likeness (QED) is 0.912. The molecule has 1 N–H and O–H groups in total. The lowest BCUT2D eigenvalue weighted by Crippen LogP contribution is -2.49. The standard InChI is InChI=1S/C17H28N2O/c1-13-5-6-14(2)15(9-13)10-19-8-7-17(18(3)4)16(11-19)12-20/h5-6,9,16-17,20H,7-8,10-12H2,1-4H3/t16-,17-/m1/s1. The molecule has 0 aliphatic carbocycles. The molecule has 1 aliphatic rings. The average Bonchev–Trinajstić information content (AvgIpc) is 2.42. The van der Waals surface area contributed by atoms with E-state index in [0.29, 0.717) is 12.0 Å². The summed E-state index contributed by atoms with van der Waals surface area (Å²) >= 11 is 0. The Balaban J connectivity index is 2.03. The lowest BCUT2D eigenvalue weighted by molar-refractivity contribution is 0.0454. The highest BCUT2D eigenvalue weighted by Gasteiger charge is 2.30. The topological polar surface area (TPSA) is 26.7 Å². The maximum atomic E-state index is 9.64. The van der Waals surface area contributed by atoms with Crippen LogP contribution in [0.25, 0.3) is 0 Å². The zero-order valence-corrected chi connectivity index (χ0v) is 13.3. The number of rotatable bonds is 4. The third-order valence-corrected chi connectivity index (χ3v) is 4.57. The van der Waals surface area contributed by atoms with Crippen LogP contribution >= 0.6 is 0 Å². The lowest BCUT2D eigenvalue weighted by atomic mass is 9.91. The van der Waals surface area contributed by atoms with Crippen molar-refractivity contribution in [2.45, 2.75) is 32.9 Å². The van der Waals surface area contributed by atoms with Gasteiger partial charge in [-0.05, 0) is 52.0 Å². The van der Waals surface area contributed by atoms with E-state index in [4.69, 9.17) is 0 Å². The van der Waals surface area contributed by atoms with Crippen molar-refractivity contribution in [2.24, 2.45) is 5.92 Å². The van der Waals surface area contributed by atoms with Gasteiger partial charge in [0.1, 0.15) is 0 Å². The van der Waals surface area contributed by atoms with E-state index in [0.717, 1.165) is 26.1 Å². The summed E-state index contributed by atoms with van der Waals surface area (Å²) in [5, 5.41) is 9.64. The number of aliphatic hydroxyl groups excluding tert-OH is 1. The van der Waals surface area contributed by atoms with Crippen LogP contribution < -0.4 is 0 Å². The van der Waals surface area contributed by atoms with E-state index in [1.807, 2.05) is 0 Å². The van der Waals surface area contributed by atoms with Crippen LogP contribution in [0.2, 0.25) is 0 Å². The number of hydrogen-bond acceptors (Lipinski definition) is 3. The molecule has 1 fully saturated rings. The Morgan fingerprint density at radius 3 is 2.70 bits per heavy atom. The van der Waals surface area contributed by atoms with Crippen molar-refractivity contribution in [3.8, 4) is 0 Å². The molecule has 1 aromatic carbocycles. The molecule has 0 spiro atoms. The fourth-order valence-electron chi connectivity index (χ4n) is 3.31. The highest BCUT2D eigenvalue weighted by Crippen LogP contribution is 2.23. The molecule has 20 heavy (non-hydrogen) atoms. The Bertz CT molecular complexity index is 445. The second-order valence-corrected chi connectivity index (χ2v) is 6.43. The van der Waals surface area contributed by atoms with Crippen LogP contribution in [-0.4, -0.2) is 54.7 Å². The van der Waals surface area contributed by atoms with Gasteiger partial charge in [-0.25, -0.2) is 0 Å². The molecule has 112 valence electrons. The highest BCUT2D eigenvalue weighted by atomic mass is 16.3. The van der Waals surface area contributed by atoms with Crippen LogP contribution in [-0.2, 0) is 6.54 Å². The Labute approximate surface area is 123 Å². The molecule has 0 bridgehead atoms. The van der Waals surface area contributed by atoms with Gasteiger partial charge < -0.3 is 10.0 Å². The third-order valence-electron chi connectivity index (χ3n) is 4.57. The van der Waals surface area contributed by atoms with E-state index < -0.39 is 0 Å². The van der Waals surface area contributed by atoms with E-state index in [1.54, 1.807) is 0 Å². The smallest absolute Gasteiger partial charge is 0.0486 e. The van der Waals surface area contributed by atoms with E-state index >= 15 is 0 Å². The fraction of sp³-hybridized carbons (Fsp3) is 0.647. The summed E-state index contributed by atoms with van der Waals surface area (Å²) in [4.78, 5) is 4.75. The van der Waals surface area contributed by atoms with Gasteiger partial charge in [0, 0.05) is 31.7 Å². The Hall–Kier alpha value is -0.900. The molecule has 2 rings (SSSR count). The minimum atomic E-state index is 0.284. The number of nitrogens with zero attached hydrogens (tertiary/aromatic N) is 2. The maximum absolute atomic E-state index is 9.64. The maximum Gasteiger partial charge on any atom is 0.0486 e. The van der Waals surface area contributed by atoms with Crippen LogP contribution in [0.5, 0.6) is 0 Å². The summed E-state index contributed by atoms with van der Waals surface area (Å²) in [5.74, 6) is 0.365. The molecular formula is C17H28N2O. The van der Waals surface area contributed by atoms with Gasteiger partial charge in [-0.3, -0.25) is 4.90 Å². The largest absolute Gasteiger partial charge is 0.396 e. The Kier molecular flexibility index (Phi) is 5.19. The molecule has 0 saturated carbocycles. The SMILES string of the molecule is Cc1ccc(C)c(CN2CC[C@@H](N(C)C)[C@@H](CO)C2)c1. The van der Waals surface area contributed by atoms with Crippen molar-refractivity contribution >= 4 is 0 Å². The zero-order valence-electron chi connectivity index (χ0n) is 13.3. The van der Waals surface area contributed by atoms with Gasteiger partial charge in [0.25, 0.3) is 0 Å². The molecular weight excluding hydrogens is 248 g/mol. The number of benzene rings is 1. The summed E-state index contributed by atoms with van der Waals surface area (Å²) in [6.45, 7) is 7.73. The molecule has 1 heterocycles. The van der Waals surface area contributed by atoms with Crippen LogP contribution in [0.4, 0.5) is 0 Å². The molecule has 0 unspecified atom stereocenters. The number of aliphatic hydroxyl groups is 1. The molecule has 3 nitrogen and oxygen atoms in total. The second-order valence-electron chi connectivity index (χ2n) is 6.43. The normalized spacial score (nSPS) is 24.3. The van der Waals surface area contributed by atoms with Gasteiger partial charge in [0.15, 0.2) is 0 Å². The molecule has 0 radical (unpaired) electrons. The molecule has 3 heteroatoms. The van der Waals surface area contributed by atoms with Gasteiger partial charge in [0.05, 0.1) is 0 Å². The Morgan fingerprint density at radius 2 is 2.05 bits per heavy atom. The minimum Gasteiger partial charge on any atom is -0.396 e. The number of likely N-dealkylation sites (tertiary alicyclic amines) is 1. The summed E-state index contributed by atoms with van der Waals surface area (Å²) in [6.07, 6.45) is 1.14. The number of piperidine rings is 1. The molecule has 0 aromatic heterocycles. The van der Waals surface area contributed by atoms with Crippen molar-refractivity contribution < 1.29 is 5.11 Å². The first-order valence-corrected chi connectivity index (χ1v) is 7.57. The first-order valence-electron chi connectivity index (χ1n) is 7.57. The van der Waals surface area contributed by atoms with Gasteiger partial charge in [-0.1, -0.05) is 23.8 Å². The first-order chi connectivity index (χ1) is 9.51. The van der Waals surface area contributed by atoms with Gasteiger partial charge in [-0.15, -0.1) is 0 Å². The van der Waals surface area contributed by atoms with E-state index in [2.05, 4.69) is 55.9 Å². The lowest BCUT2D eigenvalue weighted by Gasteiger charge is -2.41. The van der Waals surface area contributed by atoms with E-state index in [9.17, 15) is 5.11 Å². The molecule has 1 aromatic rings. The van der Waals surface area contributed by atoms with Crippen molar-refractivity contribution in [3.05, 3.63) is 34.9 Å². The molecule has 1 aliphatic heterocycles. The predicted octanol–water partition coefficient (Wildman–Crippen LogP) is 2.05. The van der Waals surface area contributed by atoms with Crippen LogP contribution in [0, 0.1) is 19.8 Å². The van der Waals surface area contributed by atoms with E-state index in [1.165, 1.54) is 16.7 Å². The summed E-state index contributed by atoms with van der Waals surface area (Å²) in [5.41, 5.74) is 4.11. The van der Waals surface area contributed by atoms with E-state index in [-0.39, 0.29) is 6.61 Å². The fourth-order valence-corrected chi connectivity index (χ4v) is 3.31. The molecule has 0 amide bonds. The zero-order chi connectivity index (χ0) is 14.7. The summed E-state index contributed by atoms with van der Waals surface area (Å²) < 4.78 is 0. The van der Waals surface area contributed by atoms with Crippen LogP contribution in [0.15, 0.2) is 18.2 Å². The summed E-state index contributed by atoms with van der Waals surface area (Å²) in [7, 11) is 4.24. The van der Waals surface area contributed by atoms with Gasteiger partial charge >= 0.3 is 0 Å². The first kappa shape index (κ1) is 15.5. The monoisotopic (exact) mass is 276 g/mol. The molecule has 2 atom stereocenters. The van der Waals surface area contributed by atoms with Crippen LogP contribution in [0.3, 0.4) is 0 Å². The van der Waals surface area contributed by atoms with Gasteiger partial charge in [0.2, 0.25) is 0 Å². The van der Waals surface area contributed by atoms with Gasteiger partial charge in [-0.2, -0.15) is 0 Å². The van der Waals surface area contributed by atoms with Crippen molar-refractivity contribution in [2.75, 3.05) is 33.8 Å². The van der Waals surface area contributed by atoms with Crippen molar-refractivity contribution in [1.29, 1.82) is 0 Å². The van der Waals surface area contributed by atoms with Crippen molar-refractivity contribution in [1.82, 2.24) is 9.80 Å². The predicted molar refractivity (Wildman–Crippen MR) is 83.9 cm³/mol. The highest BCUT2D eigenvalue weighted by molar-refractivity contribution is 5.30. The average molecular weight is 276 g/mol. The molecule has 1 saturated heterocycles. The minimum absolute atomic E-state index is 0.284. The third kappa shape index (κ3) is 3.60. The number of aryl methyl sites for hydroxylation is 2. The Morgan fingerprint density at radius 1 is 1.30 bits per heavy atom. The van der Waals surface area contributed by atoms with Crippen LogP contribution in [0.1, 0.15) is 23.1 Å². The second kappa shape index (κ2) is 6.70. The van der Waals surface area contributed by atoms with Crippen molar-refractivity contribution in [3.63, 3.8) is 0 Å². The number of hydrogen-bond donors (Lipinski definition) is 1. The summed E-state index contributed by atoms with van der Waals surface area (Å²) in [6, 6.07) is 7.19.